The van der Waals surface area contributed by atoms with Crippen LogP contribution in [0.2, 0.25) is 0 Å². The van der Waals surface area contributed by atoms with Gasteiger partial charge in [0.15, 0.2) is 5.82 Å². The van der Waals surface area contributed by atoms with Gasteiger partial charge in [0.2, 0.25) is 5.82 Å². The molecule has 1 amide bonds. The van der Waals surface area contributed by atoms with Crippen molar-refractivity contribution in [1.29, 1.82) is 0 Å². The van der Waals surface area contributed by atoms with Crippen LogP contribution in [0.25, 0.3) is 17.1 Å². The van der Waals surface area contributed by atoms with Crippen molar-refractivity contribution in [3.8, 4) is 17.1 Å². The lowest BCUT2D eigenvalue weighted by Crippen LogP contribution is -2.27. The van der Waals surface area contributed by atoms with E-state index in [0.29, 0.717) is 5.56 Å². The van der Waals surface area contributed by atoms with E-state index in [1.807, 2.05) is 0 Å². The lowest BCUT2D eigenvalue weighted by Gasteiger charge is -2.10. The number of amides is 1. The first kappa shape index (κ1) is 21.0. The average Bonchev–Trinajstić information content (AvgIpc) is 3.19. The number of esters is 1. The molecule has 0 spiro atoms. The van der Waals surface area contributed by atoms with Gasteiger partial charge < -0.3 is 10.1 Å². The van der Waals surface area contributed by atoms with Crippen LogP contribution >= 0.6 is 0 Å². The monoisotopic (exact) mass is 418 g/mol. The molecular weight excluding hydrogens is 401 g/mol. The molecule has 156 valence electrons. The van der Waals surface area contributed by atoms with Crippen molar-refractivity contribution in [2.75, 3.05) is 13.7 Å². The Morgan fingerprint density at radius 2 is 1.83 bits per heavy atom. The van der Waals surface area contributed by atoms with Crippen LogP contribution in [0.15, 0.2) is 54.6 Å². The maximum atomic E-state index is 13.1. The van der Waals surface area contributed by atoms with Gasteiger partial charge in [-0.05, 0) is 18.2 Å². The number of nitrogens with zero attached hydrogens (tertiary/aromatic N) is 3. The first-order chi connectivity index (χ1) is 14.3. The van der Waals surface area contributed by atoms with Gasteiger partial charge in [0.25, 0.3) is 5.91 Å². The van der Waals surface area contributed by atoms with Crippen molar-refractivity contribution in [2.24, 2.45) is 0 Å². The minimum atomic E-state index is -4.53. The molecule has 1 aromatic heterocycles. The summed E-state index contributed by atoms with van der Waals surface area (Å²) in [6.45, 7) is 0.00424. The van der Waals surface area contributed by atoms with Crippen LogP contribution in [0, 0.1) is 0 Å². The van der Waals surface area contributed by atoms with Crippen molar-refractivity contribution in [2.45, 2.75) is 12.6 Å². The lowest BCUT2D eigenvalue weighted by molar-refractivity contribution is -0.140. The Morgan fingerprint density at radius 1 is 1.10 bits per heavy atom. The summed E-state index contributed by atoms with van der Waals surface area (Å²) in [6.07, 6.45) is -4.57. The summed E-state index contributed by atoms with van der Waals surface area (Å²) in [7, 11) is 1.23. The standard InChI is InChI=1S/C20H17F3N4O3/c1-30-16(28)10-11-24-19(29)17-25-18(13-6-3-2-4-7-13)27(26-17)15-9-5-8-14(12-15)20(21,22)23/h2-9,12H,10-11H2,1H3,(H,24,29). The molecule has 0 saturated carbocycles. The Kier molecular flexibility index (Phi) is 6.14. The molecule has 0 aliphatic heterocycles. The molecule has 0 unspecified atom stereocenters. The van der Waals surface area contributed by atoms with E-state index in [0.717, 1.165) is 12.1 Å². The van der Waals surface area contributed by atoms with Gasteiger partial charge in [0.05, 0.1) is 24.8 Å². The minimum Gasteiger partial charge on any atom is -0.469 e. The van der Waals surface area contributed by atoms with Crippen LogP contribution < -0.4 is 5.32 Å². The van der Waals surface area contributed by atoms with Crippen LogP contribution in [-0.2, 0) is 15.7 Å². The predicted molar refractivity (Wildman–Crippen MR) is 101 cm³/mol. The number of benzene rings is 2. The largest absolute Gasteiger partial charge is 0.469 e. The summed E-state index contributed by atoms with van der Waals surface area (Å²) >= 11 is 0. The van der Waals surface area contributed by atoms with E-state index in [2.05, 4.69) is 20.1 Å². The Bertz CT molecular complexity index is 1050. The van der Waals surface area contributed by atoms with Gasteiger partial charge in [-0.15, -0.1) is 5.10 Å². The van der Waals surface area contributed by atoms with Crippen LogP contribution in [0.4, 0.5) is 13.2 Å². The molecular formula is C20H17F3N4O3. The highest BCUT2D eigenvalue weighted by atomic mass is 19.4. The summed E-state index contributed by atoms with van der Waals surface area (Å²) in [5, 5.41) is 6.59. The molecule has 0 saturated heterocycles. The second kappa shape index (κ2) is 8.76. The van der Waals surface area contributed by atoms with E-state index in [1.165, 1.54) is 23.9 Å². The third kappa shape index (κ3) is 4.83. The molecule has 30 heavy (non-hydrogen) atoms. The van der Waals surface area contributed by atoms with Crippen molar-refractivity contribution in [3.63, 3.8) is 0 Å². The maximum absolute atomic E-state index is 13.1. The van der Waals surface area contributed by atoms with Gasteiger partial charge in [-0.1, -0.05) is 36.4 Å². The molecule has 0 aliphatic rings. The van der Waals surface area contributed by atoms with Crippen LogP contribution in [0.3, 0.4) is 0 Å². The average molecular weight is 418 g/mol. The third-order valence-corrected chi connectivity index (χ3v) is 4.10. The number of nitrogens with one attached hydrogen (secondary N) is 1. The summed E-state index contributed by atoms with van der Waals surface area (Å²) in [4.78, 5) is 27.8. The number of ether oxygens (including phenoxy) is 1. The molecule has 0 aliphatic carbocycles. The summed E-state index contributed by atoms with van der Waals surface area (Å²) in [5.41, 5.74) is -0.181. The van der Waals surface area contributed by atoms with Crippen LogP contribution in [0.5, 0.6) is 0 Å². The molecule has 1 heterocycles. The zero-order valence-electron chi connectivity index (χ0n) is 15.8. The smallest absolute Gasteiger partial charge is 0.416 e. The molecule has 7 nitrogen and oxygen atoms in total. The van der Waals surface area contributed by atoms with E-state index >= 15 is 0 Å². The van der Waals surface area contributed by atoms with Gasteiger partial charge in [-0.25, -0.2) is 9.67 Å². The lowest BCUT2D eigenvalue weighted by atomic mass is 10.2. The zero-order chi connectivity index (χ0) is 21.7. The van der Waals surface area contributed by atoms with Gasteiger partial charge in [0, 0.05) is 12.1 Å². The highest BCUT2D eigenvalue weighted by Gasteiger charge is 2.31. The zero-order valence-corrected chi connectivity index (χ0v) is 15.8. The normalized spacial score (nSPS) is 11.2. The first-order valence-corrected chi connectivity index (χ1v) is 8.84. The number of hydrogen-bond donors (Lipinski definition) is 1. The number of carbonyl (C=O) groups is 2. The second-order valence-electron chi connectivity index (χ2n) is 6.17. The number of aromatic nitrogens is 3. The molecule has 0 atom stereocenters. The van der Waals surface area contributed by atoms with Crippen molar-refractivity contribution >= 4 is 11.9 Å². The molecule has 0 bridgehead atoms. The van der Waals surface area contributed by atoms with Crippen LogP contribution in [0.1, 0.15) is 22.6 Å². The van der Waals surface area contributed by atoms with Crippen molar-refractivity contribution < 1.29 is 27.5 Å². The number of halogens is 3. The Hall–Kier alpha value is -3.69. The highest BCUT2D eigenvalue weighted by molar-refractivity contribution is 5.91. The van der Waals surface area contributed by atoms with E-state index in [9.17, 15) is 22.8 Å². The fourth-order valence-corrected chi connectivity index (χ4v) is 2.64. The molecule has 3 rings (SSSR count). The van der Waals surface area contributed by atoms with E-state index in [-0.39, 0.29) is 30.3 Å². The number of rotatable bonds is 6. The fourth-order valence-electron chi connectivity index (χ4n) is 2.64. The van der Waals surface area contributed by atoms with Crippen molar-refractivity contribution in [3.05, 3.63) is 66.0 Å². The first-order valence-electron chi connectivity index (χ1n) is 8.84. The van der Waals surface area contributed by atoms with E-state index in [4.69, 9.17) is 0 Å². The van der Waals surface area contributed by atoms with E-state index in [1.54, 1.807) is 30.3 Å². The van der Waals surface area contributed by atoms with Gasteiger partial charge in [-0.2, -0.15) is 13.2 Å². The minimum absolute atomic E-state index is 0.00424. The number of carbonyl (C=O) groups excluding carboxylic acids is 2. The summed E-state index contributed by atoms with van der Waals surface area (Å²) < 4.78 is 45.1. The molecule has 3 aromatic rings. The SMILES string of the molecule is COC(=O)CCNC(=O)c1nc(-c2ccccc2)n(-c2cccc(C(F)(F)F)c2)n1. The molecule has 2 aromatic carbocycles. The second-order valence-corrected chi connectivity index (χ2v) is 6.17. The Balaban J connectivity index is 1.98. The predicted octanol–water partition coefficient (Wildman–Crippen LogP) is 3.25. The number of alkyl halides is 3. The third-order valence-electron chi connectivity index (χ3n) is 4.10. The summed E-state index contributed by atoms with van der Waals surface area (Å²) in [6, 6.07) is 13.2. The highest BCUT2D eigenvalue weighted by Crippen LogP contribution is 2.31. The molecule has 10 heteroatoms. The number of hydrogen-bond acceptors (Lipinski definition) is 5. The van der Waals surface area contributed by atoms with E-state index < -0.39 is 23.6 Å². The van der Waals surface area contributed by atoms with Crippen LogP contribution in [-0.4, -0.2) is 40.3 Å². The van der Waals surface area contributed by atoms with Gasteiger partial charge >= 0.3 is 12.1 Å². The molecule has 0 radical (unpaired) electrons. The van der Waals surface area contributed by atoms with Gasteiger partial charge in [0.1, 0.15) is 0 Å². The quantitative estimate of drug-likeness (QED) is 0.621. The Morgan fingerprint density at radius 3 is 2.50 bits per heavy atom. The summed E-state index contributed by atoms with van der Waals surface area (Å²) in [5.74, 6) is -1.20. The topological polar surface area (TPSA) is 86.1 Å². The maximum Gasteiger partial charge on any atom is 0.416 e. The van der Waals surface area contributed by atoms with Crippen molar-refractivity contribution in [1.82, 2.24) is 20.1 Å². The van der Waals surface area contributed by atoms with Gasteiger partial charge in [-0.3, -0.25) is 9.59 Å². The fraction of sp³-hybridized carbons (Fsp3) is 0.200. The molecule has 1 N–H and O–H groups in total. The molecule has 0 fully saturated rings. The Labute approximate surface area is 169 Å². The number of methoxy groups -OCH3 is 1.